The number of thioether (sulfide) groups is 1. The molecular formula is C10H12N2O4S. The van der Waals surface area contributed by atoms with Crippen LogP contribution in [0, 0.1) is 10.1 Å². The van der Waals surface area contributed by atoms with Crippen molar-refractivity contribution < 1.29 is 14.8 Å². The lowest BCUT2D eigenvalue weighted by Crippen LogP contribution is -2.07. The summed E-state index contributed by atoms with van der Waals surface area (Å²) in [5.74, 6) is -0.192. The van der Waals surface area contributed by atoms with Crippen molar-refractivity contribution in [3.8, 4) is 0 Å². The molecule has 0 saturated carbocycles. The van der Waals surface area contributed by atoms with Gasteiger partial charge in [0.15, 0.2) is 0 Å². The maximum Gasteiger partial charge on any atom is 0.343 e. The van der Waals surface area contributed by atoms with Gasteiger partial charge in [0.2, 0.25) is 0 Å². The van der Waals surface area contributed by atoms with Crippen LogP contribution < -0.4 is 5.73 Å². The van der Waals surface area contributed by atoms with Gasteiger partial charge in [-0.3, -0.25) is 10.1 Å². The first-order chi connectivity index (χ1) is 8.07. The van der Waals surface area contributed by atoms with E-state index in [1.165, 1.54) is 23.9 Å². The summed E-state index contributed by atoms with van der Waals surface area (Å²) in [5.41, 5.74) is 5.17. The van der Waals surface area contributed by atoms with Gasteiger partial charge in [-0.1, -0.05) is 12.1 Å². The number of hydrogen-bond acceptors (Lipinski definition) is 5. The Bertz CT molecular complexity index is 436. The highest BCUT2D eigenvalue weighted by atomic mass is 32.2. The molecule has 0 aromatic heterocycles. The molecule has 7 heteroatoms. The van der Waals surface area contributed by atoms with E-state index in [9.17, 15) is 14.9 Å². The minimum absolute atomic E-state index is 0.234. The molecule has 17 heavy (non-hydrogen) atoms. The zero-order valence-electron chi connectivity index (χ0n) is 8.96. The monoisotopic (exact) mass is 256 g/mol. The van der Waals surface area contributed by atoms with E-state index in [2.05, 4.69) is 0 Å². The smallest absolute Gasteiger partial charge is 0.343 e. The van der Waals surface area contributed by atoms with Crippen molar-refractivity contribution >= 4 is 23.4 Å². The zero-order valence-corrected chi connectivity index (χ0v) is 9.77. The Morgan fingerprint density at radius 1 is 1.53 bits per heavy atom. The van der Waals surface area contributed by atoms with E-state index >= 15 is 0 Å². The Balaban J connectivity index is 3.07. The molecule has 1 rings (SSSR count). The molecule has 0 spiro atoms. The van der Waals surface area contributed by atoms with Crippen LogP contribution in [0.1, 0.15) is 15.9 Å². The number of aromatic carboxylic acids is 1. The molecule has 0 radical (unpaired) electrons. The van der Waals surface area contributed by atoms with Crippen LogP contribution in [0.4, 0.5) is 5.69 Å². The quantitative estimate of drug-likeness (QED) is 0.453. The average molecular weight is 256 g/mol. The maximum atomic E-state index is 11.0. The number of carboxylic acids is 1. The van der Waals surface area contributed by atoms with Crippen LogP contribution in [0.5, 0.6) is 0 Å². The summed E-state index contributed by atoms with van der Waals surface area (Å²) in [4.78, 5) is 21.1. The lowest BCUT2D eigenvalue weighted by molar-refractivity contribution is -0.385. The molecule has 0 aliphatic rings. The standard InChI is InChI=1S/C10H12N2O4S/c11-4-5-17-6-7-2-1-3-8(12(15)16)9(7)10(13)14/h1-3H,4-6,11H2,(H,13,14). The maximum absolute atomic E-state index is 11.0. The van der Waals surface area contributed by atoms with Crippen molar-refractivity contribution in [3.63, 3.8) is 0 Å². The van der Waals surface area contributed by atoms with Gasteiger partial charge in [-0.05, 0) is 5.56 Å². The number of nitro groups is 1. The SMILES string of the molecule is NCCSCc1cccc([N+](=O)[O-])c1C(=O)O. The lowest BCUT2D eigenvalue weighted by atomic mass is 10.1. The Kier molecular flexibility index (Phi) is 4.92. The fourth-order valence-electron chi connectivity index (χ4n) is 1.37. The molecule has 0 heterocycles. The van der Waals surface area contributed by atoms with Crippen LogP contribution in [-0.4, -0.2) is 28.3 Å². The number of nitrogens with two attached hydrogens (primary N) is 1. The number of nitrogens with zero attached hydrogens (tertiary/aromatic N) is 1. The molecule has 1 aromatic rings. The Hall–Kier alpha value is -1.60. The zero-order chi connectivity index (χ0) is 12.8. The first-order valence-electron chi connectivity index (χ1n) is 4.85. The second-order valence-electron chi connectivity index (χ2n) is 3.21. The summed E-state index contributed by atoms with van der Waals surface area (Å²) in [7, 11) is 0. The summed E-state index contributed by atoms with van der Waals surface area (Å²) in [6.07, 6.45) is 0. The highest BCUT2D eigenvalue weighted by Gasteiger charge is 2.22. The average Bonchev–Trinajstić information content (AvgIpc) is 2.28. The predicted octanol–water partition coefficient (Wildman–Crippen LogP) is 1.48. The fraction of sp³-hybridized carbons (Fsp3) is 0.300. The van der Waals surface area contributed by atoms with Gasteiger partial charge < -0.3 is 10.8 Å². The third-order valence-electron chi connectivity index (χ3n) is 2.06. The van der Waals surface area contributed by atoms with Gasteiger partial charge >= 0.3 is 5.97 Å². The molecule has 0 amide bonds. The Labute approximate surface area is 102 Å². The molecule has 6 nitrogen and oxygen atoms in total. The molecule has 0 fully saturated rings. The van der Waals surface area contributed by atoms with Crippen molar-refractivity contribution in [3.05, 3.63) is 39.4 Å². The van der Waals surface area contributed by atoms with Gasteiger partial charge in [-0.2, -0.15) is 11.8 Å². The molecular weight excluding hydrogens is 244 g/mol. The molecule has 3 N–H and O–H groups in total. The van der Waals surface area contributed by atoms with Crippen LogP contribution in [0.3, 0.4) is 0 Å². The van der Waals surface area contributed by atoms with Crippen LogP contribution in [0.2, 0.25) is 0 Å². The van der Waals surface area contributed by atoms with E-state index in [4.69, 9.17) is 10.8 Å². The summed E-state index contributed by atoms with van der Waals surface area (Å²) >= 11 is 1.45. The summed E-state index contributed by atoms with van der Waals surface area (Å²) in [6.45, 7) is 0.488. The second kappa shape index (κ2) is 6.21. The van der Waals surface area contributed by atoms with Crippen LogP contribution >= 0.6 is 11.8 Å². The third kappa shape index (κ3) is 3.43. The summed E-state index contributed by atoms with van der Waals surface area (Å²) in [6, 6.07) is 4.27. The van der Waals surface area contributed by atoms with Gasteiger partial charge in [-0.15, -0.1) is 0 Å². The van der Waals surface area contributed by atoms with Crippen molar-refractivity contribution in [2.75, 3.05) is 12.3 Å². The molecule has 0 unspecified atom stereocenters. The van der Waals surface area contributed by atoms with E-state index in [0.717, 1.165) is 0 Å². The van der Waals surface area contributed by atoms with Crippen molar-refractivity contribution in [1.29, 1.82) is 0 Å². The van der Waals surface area contributed by atoms with Crippen molar-refractivity contribution in [2.24, 2.45) is 5.73 Å². The topological polar surface area (TPSA) is 106 Å². The van der Waals surface area contributed by atoms with Crippen molar-refractivity contribution in [1.82, 2.24) is 0 Å². The first kappa shape index (κ1) is 13.5. The van der Waals surface area contributed by atoms with Crippen LogP contribution in [0.15, 0.2) is 18.2 Å². The predicted molar refractivity (Wildman–Crippen MR) is 65.3 cm³/mol. The molecule has 0 saturated heterocycles. The molecule has 0 bridgehead atoms. The Morgan fingerprint density at radius 3 is 2.76 bits per heavy atom. The Morgan fingerprint density at radius 2 is 2.24 bits per heavy atom. The number of nitro benzene ring substituents is 1. The summed E-state index contributed by atoms with van der Waals surface area (Å²) < 4.78 is 0. The van der Waals surface area contributed by atoms with Gasteiger partial charge in [0.05, 0.1) is 4.92 Å². The number of carboxylic acid groups (broad SMARTS) is 1. The van der Waals surface area contributed by atoms with E-state index in [-0.39, 0.29) is 11.3 Å². The van der Waals surface area contributed by atoms with Crippen molar-refractivity contribution in [2.45, 2.75) is 5.75 Å². The molecule has 0 aliphatic heterocycles. The van der Waals surface area contributed by atoms with E-state index < -0.39 is 10.9 Å². The summed E-state index contributed by atoms with van der Waals surface area (Å²) in [5, 5.41) is 19.7. The minimum Gasteiger partial charge on any atom is -0.477 e. The molecule has 1 aromatic carbocycles. The van der Waals surface area contributed by atoms with E-state index in [0.29, 0.717) is 23.6 Å². The van der Waals surface area contributed by atoms with Crippen LogP contribution in [0.25, 0.3) is 0 Å². The number of carbonyl (C=O) groups is 1. The second-order valence-corrected chi connectivity index (χ2v) is 4.32. The molecule has 0 atom stereocenters. The third-order valence-corrected chi connectivity index (χ3v) is 3.10. The van der Waals surface area contributed by atoms with Crippen LogP contribution in [-0.2, 0) is 5.75 Å². The number of hydrogen-bond donors (Lipinski definition) is 2. The molecule has 0 aliphatic carbocycles. The fourth-order valence-corrected chi connectivity index (χ4v) is 2.14. The van der Waals surface area contributed by atoms with Gasteiger partial charge in [-0.25, -0.2) is 4.79 Å². The normalized spacial score (nSPS) is 10.2. The minimum atomic E-state index is -1.28. The van der Waals surface area contributed by atoms with Gasteiger partial charge in [0.1, 0.15) is 5.56 Å². The highest BCUT2D eigenvalue weighted by molar-refractivity contribution is 7.98. The first-order valence-corrected chi connectivity index (χ1v) is 6.00. The van der Waals surface area contributed by atoms with E-state index in [1.54, 1.807) is 6.07 Å². The largest absolute Gasteiger partial charge is 0.477 e. The highest BCUT2D eigenvalue weighted by Crippen LogP contribution is 2.25. The van der Waals surface area contributed by atoms with E-state index in [1.807, 2.05) is 0 Å². The number of benzene rings is 1. The van der Waals surface area contributed by atoms with Gasteiger partial charge in [0, 0.05) is 24.1 Å². The number of rotatable bonds is 6. The molecule has 92 valence electrons. The lowest BCUT2D eigenvalue weighted by Gasteiger charge is -2.05. The van der Waals surface area contributed by atoms with Gasteiger partial charge in [0.25, 0.3) is 5.69 Å².